The van der Waals surface area contributed by atoms with Crippen LogP contribution in [0.25, 0.3) is 0 Å². The second-order valence-electron chi connectivity index (χ2n) is 5.44. The minimum absolute atomic E-state index is 0.0450. The second-order valence-corrected chi connectivity index (χ2v) is 6.30. The zero-order valence-corrected chi connectivity index (χ0v) is 14.5. The van der Waals surface area contributed by atoms with Gasteiger partial charge < -0.3 is 15.0 Å². The first kappa shape index (κ1) is 16.0. The molecule has 23 heavy (non-hydrogen) atoms. The maximum absolute atomic E-state index is 12.3. The van der Waals surface area contributed by atoms with Crippen LogP contribution in [0.1, 0.15) is 16.1 Å². The fraction of sp³-hybridized carbons (Fsp3) is 0.294. The lowest BCUT2D eigenvalue weighted by Gasteiger charge is -2.26. The van der Waals surface area contributed by atoms with Crippen molar-refractivity contribution in [3.8, 4) is 0 Å². The first-order valence-corrected chi connectivity index (χ1v) is 8.29. The number of anilines is 2. The van der Waals surface area contributed by atoms with Gasteiger partial charge in [-0.15, -0.1) is 0 Å². The normalized spacial score (nSPS) is 14.6. The van der Waals surface area contributed by atoms with Crippen molar-refractivity contribution in [1.29, 1.82) is 0 Å². The molecular formula is C17H18BrN3O2. The summed E-state index contributed by atoms with van der Waals surface area (Å²) in [5.41, 5.74) is 3.45. The third-order valence-electron chi connectivity index (χ3n) is 3.68. The van der Waals surface area contributed by atoms with Crippen molar-refractivity contribution in [3.05, 3.63) is 52.3 Å². The number of morpholine rings is 1. The molecule has 1 aromatic heterocycles. The van der Waals surface area contributed by atoms with E-state index in [9.17, 15) is 4.79 Å². The molecule has 0 unspecified atom stereocenters. The Morgan fingerprint density at radius 3 is 2.70 bits per heavy atom. The van der Waals surface area contributed by atoms with Crippen molar-refractivity contribution < 1.29 is 9.53 Å². The van der Waals surface area contributed by atoms with Crippen LogP contribution in [0.4, 0.5) is 11.4 Å². The van der Waals surface area contributed by atoms with E-state index in [0.29, 0.717) is 32.0 Å². The minimum Gasteiger partial charge on any atom is -0.378 e. The summed E-state index contributed by atoms with van der Waals surface area (Å²) in [6, 6.07) is 9.71. The third kappa shape index (κ3) is 3.89. The Morgan fingerprint density at radius 2 is 2.04 bits per heavy atom. The molecule has 0 radical (unpaired) electrons. The van der Waals surface area contributed by atoms with E-state index < -0.39 is 0 Å². The molecule has 2 heterocycles. The van der Waals surface area contributed by atoms with Crippen molar-refractivity contribution >= 4 is 33.2 Å². The van der Waals surface area contributed by atoms with Crippen LogP contribution in [0.3, 0.4) is 0 Å². The van der Waals surface area contributed by atoms with E-state index in [1.54, 1.807) is 17.2 Å². The summed E-state index contributed by atoms with van der Waals surface area (Å²) < 4.78 is 6.25. The molecule has 1 saturated heterocycles. The van der Waals surface area contributed by atoms with Crippen LogP contribution in [-0.4, -0.2) is 42.1 Å². The molecule has 0 saturated carbocycles. The molecule has 0 bridgehead atoms. The first-order valence-electron chi connectivity index (χ1n) is 7.50. The number of pyridine rings is 1. The largest absolute Gasteiger partial charge is 0.378 e. The monoisotopic (exact) mass is 375 g/mol. The number of aromatic nitrogens is 1. The molecule has 120 valence electrons. The van der Waals surface area contributed by atoms with Crippen molar-refractivity contribution in [2.45, 2.75) is 6.92 Å². The molecular weight excluding hydrogens is 358 g/mol. The van der Waals surface area contributed by atoms with Gasteiger partial charge in [-0.3, -0.25) is 4.79 Å². The van der Waals surface area contributed by atoms with Gasteiger partial charge in [0.2, 0.25) is 0 Å². The van der Waals surface area contributed by atoms with E-state index in [-0.39, 0.29) is 5.91 Å². The smallest absolute Gasteiger partial charge is 0.272 e. The molecule has 0 spiro atoms. The number of hydrogen-bond acceptors (Lipinski definition) is 4. The Kier molecular flexibility index (Phi) is 4.93. The van der Waals surface area contributed by atoms with Crippen molar-refractivity contribution in [2.24, 2.45) is 0 Å². The third-order valence-corrected chi connectivity index (χ3v) is 4.34. The fourth-order valence-electron chi connectivity index (χ4n) is 2.40. The fourth-order valence-corrected chi connectivity index (χ4v) is 2.99. The predicted octanol–water partition coefficient (Wildman–Crippen LogP) is 3.37. The highest BCUT2D eigenvalue weighted by Gasteiger charge is 2.19. The summed E-state index contributed by atoms with van der Waals surface area (Å²) in [5.74, 6) is -0.0450. The molecule has 0 aliphatic carbocycles. The molecule has 5 nitrogen and oxygen atoms in total. The predicted molar refractivity (Wildman–Crippen MR) is 93.1 cm³/mol. The number of carbonyl (C=O) groups is 1. The van der Waals surface area contributed by atoms with E-state index in [2.05, 4.69) is 26.2 Å². The van der Waals surface area contributed by atoms with Gasteiger partial charge in [-0.25, -0.2) is 4.98 Å². The zero-order valence-electron chi connectivity index (χ0n) is 12.9. The number of carbonyl (C=O) groups excluding carboxylic acids is 1. The maximum Gasteiger partial charge on any atom is 0.272 e. The van der Waals surface area contributed by atoms with Gasteiger partial charge in [-0.2, -0.15) is 0 Å². The van der Waals surface area contributed by atoms with Gasteiger partial charge in [0.25, 0.3) is 5.91 Å². The molecule has 0 atom stereocenters. The van der Waals surface area contributed by atoms with E-state index in [1.165, 1.54) is 5.56 Å². The van der Waals surface area contributed by atoms with Crippen LogP contribution in [0, 0.1) is 6.92 Å². The van der Waals surface area contributed by atoms with Crippen LogP contribution >= 0.6 is 15.9 Å². The summed E-state index contributed by atoms with van der Waals surface area (Å²) in [4.78, 5) is 18.4. The van der Waals surface area contributed by atoms with Crippen LogP contribution in [0.2, 0.25) is 0 Å². The number of halogens is 1. The lowest BCUT2D eigenvalue weighted by molar-refractivity contribution is 0.0299. The molecule has 1 amide bonds. The number of rotatable bonds is 3. The highest BCUT2D eigenvalue weighted by Crippen LogP contribution is 2.26. The average Bonchev–Trinajstić information content (AvgIpc) is 2.58. The van der Waals surface area contributed by atoms with Gasteiger partial charge >= 0.3 is 0 Å². The summed E-state index contributed by atoms with van der Waals surface area (Å²) in [5, 5.41) is 3.29. The highest BCUT2D eigenvalue weighted by atomic mass is 79.9. The molecule has 1 N–H and O–H groups in total. The van der Waals surface area contributed by atoms with Gasteiger partial charge in [0, 0.05) is 17.6 Å². The standard InChI is InChI=1S/C17H18BrN3O2/c1-12-2-4-15(14(18)10-12)20-13-3-5-16(19-11-13)17(22)21-6-8-23-9-7-21/h2-5,10-11,20H,6-9H2,1H3. The SMILES string of the molecule is Cc1ccc(Nc2ccc(C(=O)N3CCOCC3)nc2)c(Br)c1. The summed E-state index contributed by atoms with van der Waals surface area (Å²) in [6.07, 6.45) is 1.68. The van der Waals surface area contributed by atoms with Gasteiger partial charge in [0.05, 0.1) is 30.8 Å². The van der Waals surface area contributed by atoms with E-state index in [4.69, 9.17) is 4.74 Å². The van der Waals surface area contributed by atoms with Crippen LogP contribution < -0.4 is 5.32 Å². The van der Waals surface area contributed by atoms with Crippen LogP contribution in [0.15, 0.2) is 41.0 Å². The summed E-state index contributed by atoms with van der Waals surface area (Å²) in [7, 11) is 0. The van der Waals surface area contributed by atoms with Gasteiger partial charge in [-0.1, -0.05) is 6.07 Å². The number of nitrogens with one attached hydrogen (secondary N) is 1. The first-order chi connectivity index (χ1) is 11.1. The lowest BCUT2D eigenvalue weighted by Crippen LogP contribution is -2.41. The van der Waals surface area contributed by atoms with Crippen molar-refractivity contribution in [1.82, 2.24) is 9.88 Å². The molecule has 3 rings (SSSR count). The van der Waals surface area contributed by atoms with Crippen molar-refractivity contribution in [2.75, 3.05) is 31.6 Å². The van der Waals surface area contributed by atoms with Gasteiger partial charge in [0.15, 0.2) is 0 Å². The number of ether oxygens (including phenoxy) is 1. The summed E-state index contributed by atoms with van der Waals surface area (Å²) in [6.45, 7) is 4.47. The van der Waals surface area contributed by atoms with Crippen molar-refractivity contribution in [3.63, 3.8) is 0 Å². The second kappa shape index (κ2) is 7.10. The Balaban J connectivity index is 1.70. The Bertz CT molecular complexity index is 697. The van der Waals surface area contributed by atoms with Gasteiger partial charge in [0.1, 0.15) is 5.69 Å². The number of hydrogen-bond donors (Lipinski definition) is 1. The Hall–Kier alpha value is -1.92. The minimum atomic E-state index is -0.0450. The number of nitrogens with zero attached hydrogens (tertiary/aromatic N) is 2. The van der Waals surface area contributed by atoms with E-state index in [0.717, 1.165) is 15.8 Å². The molecule has 2 aromatic rings. The van der Waals surface area contributed by atoms with E-state index >= 15 is 0 Å². The molecule has 1 fully saturated rings. The topological polar surface area (TPSA) is 54.5 Å². The zero-order chi connectivity index (χ0) is 16.2. The van der Waals surface area contributed by atoms with Crippen LogP contribution in [-0.2, 0) is 4.74 Å². The highest BCUT2D eigenvalue weighted by molar-refractivity contribution is 9.10. The Morgan fingerprint density at radius 1 is 1.26 bits per heavy atom. The molecule has 1 aromatic carbocycles. The number of amides is 1. The maximum atomic E-state index is 12.3. The average molecular weight is 376 g/mol. The quantitative estimate of drug-likeness (QED) is 0.893. The molecule has 1 aliphatic rings. The van der Waals surface area contributed by atoms with Gasteiger partial charge in [-0.05, 0) is 52.7 Å². The number of benzene rings is 1. The summed E-state index contributed by atoms with van der Waals surface area (Å²) >= 11 is 3.54. The number of aryl methyl sites for hydroxylation is 1. The lowest BCUT2D eigenvalue weighted by atomic mass is 10.2. The molecule has 1 aliphatic heterocycles. The Labute approximate surface area is 143 Å². The molecule has 6 heteroatoms. The van der Waals surface area contributed by atoms with Crippen LogP contribution in [0.5, 0.6) is 0 Å². The van der Waals surface area contributed by atoms with E-state index in [1.807, 2.05) is 31.2 Å².